The van der Waals surface area contributed by atoms with Crippen LogP contribution < -0.4 is 5.32 Å². The van der Waals surface area contributed by atoms with Crippen LogP contribution >= 0.6 is 11.3 Å². The number of carboxylic acids is 1. The van der Waals surface area contributed by atoms with Crippen molar-refractivity contribution in [3.8, 4) is 0 Å². The third kappa shape index (κ3) is 3.17. The Kier molecular flexibility index (Phi) is 3.99. The summed E-state index contributed by atoms with van der Waals surface area (Å²) in [5.74, 6) is -1.48. The van der Waals surface area contributed by atoms with Crippen molar-refractivity contribution >= 4 is 23.2 Å². The van der Waals surface area contributed by atoms with Gasteiger partial charge in [-0.15, -0.1) is 17.9 Å². The number of carbonyl (C=O) groups excluding carboxylic acids is 1. The molecule has 0 bridgehead atoms. The van der Waals surface area contributed by atoms with E-state index in [0.29, 0.717) is 13.0 Å². The molecule has 15 heavy (non-hydrogen) atoms. The van der Waals surface area contributed by atoms with Gasteiger partial charge in [-0.25, -0.2) is 9.78 Å². The normalized spacial score (nSPS) is 9.60. The number of carboxylic acid groups (broad SMARTS) is 1. The maximum Gasteiger partial charge on any atom is 0.355 e. The van der Waals surface area contributed by atoms with Gasteiger partial charge in [0.15, 0.2) is 10.7 Å². The van der Waals surface area contributed by atoms with Gasteiger partial charge in [-0.1, -0.05) is 6.08 Å². The van der Waals surface area contributed by atoms with Gasteiger partial charge in [-0.05, 0) is 6.42 Å². The van der Waals surface area contributed by atoms with Crippen molar-refractivity contribution in [3.05, 3.63) is 28.7 Å². The Hall–Kier alpha value is -1.69. The highest BCUT2D eigenvalue weighted by atomic mass is 32.1. The highest BCUT2D eigenvalue weighted by Gasteiger charge is 2.13. The van der Waals surface area contributed by atoms with E-state index in [4.69, 9.17) is 5.11 Å². The minimum atomic E-state index is -1.13. The monoisotopic (exact) mass is 226 g/mol. The largest absolute Gasteiger partial charge is 0.476 e. The van der Waals surface area contributed by atoms with E-state index in [2.05, 4.69) is 16.9 Å². The van der Waals surface area contributed by atoms with Crippen molar-refractivity contribution in [2.24, 2.45) is 0 Å². The van der Waals surface area contributed by atoms with Crippen LogP contribution in [0, 0.1) is 0 Å². The molecule has 0 radical (unpaired) electrons. The molecule has 0 spiro atoms. The first-order chi connectivity index (χ1) is 7.15. The van der Waals surface area contributed by atoms with E-state index in [9.17, 15) is 9.59 Å². The summed E-state index contributed by atoms with van der Waals surface area (Å²) in [5.41, 5.74) is -0.103. The molecule has 0 fully saturated rings. The van der Waals surface area contributed by atoms with Crippen molar-refractivity contribution in [3.63, 3.8) is 0 Å². The second-order valence-electron chi connectivity index (χ2n) is 2.68. The number of nitrogens with zero attached hydrogens (tertiary/aromatic N) is 1. The summed E-state index contributed by atoms with van der Waals surface area (Å²) in [6.07, 6.45) is 2.35. The number of hydrogen-bond donors (Lipinski definition) is 2. The summed E-state index contributed by atoms with van der Waals surface area (Å²) in [4.78, 5) is 25.5. The van der Waals surface area contributed by atoms with E-state index in [1.807, 2.05) is 0 Å². The molecule has 1 amide bonds. The van der Waals surface area contributed by atoms with Crippen LogP contribution in [0.5, 0.6) is 0 Å². The molecule has 0 aromatic carbocycles. The van der Waals surface area contributed by atoms with Gasteiger partial charge in [0.1, 0.15) is 0 Å². The zero-order chi connectivity index (χ0) is 11.3. The van der Waals surface area contributed by atoms with Gasteiger partial charge in [0, 0.05) is 11.9 Å². The highest BCUT2D eigenvalue weighted by Crippen LogP contribution is 2.09. The van der Waals surface area contributed by atoms with Crippen LogP contribution in [-0.4, -0.2) is 28.5 Å². The molecule has 6 heteroatoms. The number of aromatic nitrogens is 1. The van der Waals surface area contributed by atoms with Crippen molar-refractivity contribution in [2.75, 3.05) is 6.54 Å². The molecule has 2 N–H and O–H groups in total. The molecule has 0 saturated heterocycles. The predicted octanol–water partition coefficient (Wildman–Crippen LogP) is 1.15. The molecule has 0 unspecified atom stereocenters. The zero-order valence-corrected chi connectivity index (χ0v) is 8.71. The molecule has 0 atom stereocenters. The third-order valence-electron chi connectivity index (χ3n) is 1.55. The Bertz CT molecular complexity index is 386. The third-order valence-corrected chi connectivity index (χ3v) is 2.39. The molecule has 1 aromatic heterocycles. The van der Waals surface area contributed by atoms with Crippen molar-refractivity contribution in [1.82, 2.24) is 10.3 Å². The minimum absolute atomic E-state index is 0.103. The van der Waals surface area contributed by atoms with Gasteiger partial charge in [0.05, 0.1) is 0 Å². The Morgan fingerprint density at radius 2 is 2.40 bits per heavy atom. The van der Waals surface area contributed by atoms with Gasteiger partial charge in [0.2, 0.25) is 0 Å². The van der Waals surface area contributed by atoms with Crippen molar-refractivity contribution in [2.45, 2.75) is 6.42 Å². The molecular weight excluding hydrogens is 216 g/mol. The molecule has 1 rings (SSSR count). The zero-order valence-electron chi connectivity index (χ0n) is 7.90. The van der Waals surface area contributed by atoms with E-state index < -0.39 is 5.97 Å². The standard InChI is InChI=1S/C9H10N2O3S/c1-2-3-4-10-7(12)8-11-6(5-15-8)9(13)14/h2,5H,1,3-4H2,(H,10,12)(H,13,14). The summed E-state index contributed by atoms with van der Waals surface area (Å²) < 4.78 is 0. The molecular formula is C9H10N2O3S. The molecule has 0 saturated carbocycles. The summed E-state index contributed by atoms with van der Waals surface area (Å²) in [6.45, 7) is 3.99. The van der Waals surface area contributed by atoms with Crippen LogP contribution in [0.15, 0.2) is 18.0 Å². The minimum Gasteiger partial charge on any atom is -0.476 e. The predicted molar refractivity (Wildman–Crippen MR) is 56.2 cm³/mol. The van der Waals surface area contributed by atoms with Gasteiger partial charge in [-0.2, -0.15) is 0 Å². The fourth-order valence-corrected chi connectivity index (χ4v) is 1.55. The fraction of sp³-hybridized carbons (Fsp3) is 0.222. The topological polar surface area (TPSA) is 79.3 Å². The van der Waals surface area contributed by atoms with Crippen LogP contribution in [0.4, 0.5) is 0 Å². The van der Waals surface area contributed by atoms with Gasteiger partial charge >= 0.3 is 5.97 Å². The Morgan fingerprint density at radius 3 is 2.93 bits per heavy atom. The maximum absolute atomic E-state index is 11.4. The summed E-state index contributed by atoms with van der Waals surface area (Å²) >= 11 is 1.01. The summed E-state index contributed by atoms with van der Waals surface area (Å²) in [5, 5.41) is 12.7. The fourth-order valence-electron chi connectivity index (χ4n) is 0.840. The lowest BCUT2D eigenvalue weighted by atomic mass is 10.4. The number of hydrogen-bond acceptors (Lipinski definition) is 4. The molecule has 0 aliphatic rings. The van der Waals surface area contributed by atoms with Crippen molar-refractivity contribution < 1.29 is 14.7 Å². The number of amides is 1. The SMILES string of the molecule is C=CCCNC(=O)c1nc(C(=O)O)cs1. The highest BCUT2D eigenvalue weighted by molar-refractivity contribution is 7.11. The molecule has 0 aliphatic heterocycles. The molecule has 80 valence electrons. The van der Waals surface area contributed by atoms with E-state index in [1.165, 1.54) is 5.38 Å². The maximum atomic E-state index is 11.4. The van der Waals surface area contributed by atoms with Gasteiger partial charge in [0.25, 0.3) is 5.91 Å². The molecule has 0 aliphatic carbocycles. The Balaban J connectivity index is 2.58. The lowest BCUT2D eigenvalue weighted by Crippen LogP contribution is -2.24. The lowest BCUT2D eigenvalue weighted by molar-refractivity contribution is 0.0691. The van der Waals surface area contributed by atoms with E-state index >= 15 is 0 Å². The van der Waals surface area contributed by atoms with E-state index in [0.717, 1.165) is 11.3 Å². The average molecular weight is 226 g/mol. The quantitative estimate of drug-likeness (QED) is 0.583. The summed E-state index contributed by atoms with van der Waals surface area (Å²) in [6, 6.07) is 0. The van der Waals surface area contributed by atoms with Crippen LogP contribution in [0.25, 0.3) is 0 Å². The molecule has 5 nitrogen and oxygen atoms in total. The molecule has 1 heterocycles. The Labute approximate surface area is 90.5 Å². The first kappa shape index (κ1) is 11.4. The van der Waals surface area contributed by atoms with Gasteiger partial charge in [-0.3, -0.25) is 4.79 Å². The van der Waals surface area contributed by atoms with Crippen LogP contribution in [-0.2, 0) is 0 Å². The number of aromatic carboxylic acids is 1. The number of nitrogens with one attached hydrogen (secondary N) is 1. The second-order valence-corrected chi connectivity index (χ2v) is 3.53. The van der Waals surface area contributed by atoms with Crippen LogP contribution in [0.2, 0.25) is 0 Å². The van der Waals surface area contributed by atoms with Crippen LogP contribution in [0.3, 0.4) is 0 Å². The first-order valence-corrected chi connectivity index (χ1v) is 5.11. The number of rotatable bonds is 5. The molecule has 1 aromatic rings. The second kappa shape index (κ2) is 5.26. The average Bonchev–Trinajstić information content (AvgIpc) is 2.66. The number of thiazole rings is 1. The number of carbonyl (C=O) groups is 2. The van der Waals surface area contributed by atoms with Gasteiger partial charge < -0.3 is 10.4 Å². The first-order valence-electron chi connectivity index (χ1n) is 4.23. The van der Waals surface area contributed by atoms with Crippen LogP contribution in [0.1, 0.15) is 26.7 Å². The lowest BCUT2D eigenvalue weighted by Gasteiger charge is -1.98. The van der Waals surface area contributed by atoms with Crippen molar-refractivity contribution in [1.29, 1.82) is 0 Å². The smallest absolute Gasteiger partial charge is 0.355 e. The summed E-state index contributed by atoms with van der Waals surface area (Å²) in [7, 11) is 0. The van der Waals surface area contributed by atoms with E-state index in [1.54, 1.807) is 6.08 Å². The van der Waals surface area contributed by atoms with E-state index in [-0.39, 0.29) is 16.6 Å². The Morgan fingerprint density at radius 1 is 1.67 bits per heavy atom.